The number of nitrogens with one attached hydrogen (secondary N) is 2. The third-order valence-electron chi connectivity index (χ3n) is 5.51. The lowest BCUT2D eigenvalue weighted by Crippen LogP contribution is -2.34. The van der Waals surface area contributed by atoms with Gasteiger partial charge in [-0.1, -0.05) is 48.5 Å². The molecule has 0 fully saturated rings. The van der Waals surface area contributed by atoms with E-state index in [2.05, 4.69) is 20.5 Å². The van der Waals surface area contributed by atoms with E-state index in [4.69, 9.17) is 0 Å². The number of nitrogens with zero attached hydrogens (tertiary/aromatic N) is 3. The monoisotopic (exact) mass is 521 g/mol. The molecule has 2 aromatic carbocycles. The highest BCUT2D eigenvalue weighted by molar-refractivity contribution is 7.85. The van der Waals surface area contributed by atoms with E-state index in [0.717, 1.165) is 22.4 Å². The summed E-state index contributed by atoms with van der Waals surface area (Å²) >= 11 is 0. The zero-order valence-corrected chi connectivity index (χ0v) is 21.9. The Balaban J connectivity index is 1.68. The number of pyridine rings is 1. The number of rotatable bonds is 8. The minimum absolute atomic E-state index is 0.203. The first-order valence-corrected chi connectivity index (χ1v) is 14.3. The summed E-state index contributed by atoms with van der Waals surface area (Å²) in [7, 11) is -2.91. The SMILES string of the molecule is Cc1cc(S(C)=O)c(NC(=O)N(Cc2ccccc2)Cc2cccc(-c3ccn[nH]3)c2)c(S(C)=O)n1. The molecule has 4 aromatic rings. The largest absolute Gasteiger partial charge is 0.322 e. The van der Waals surface area contributed by atoms with Gasteiger partial charge in [0.1, 0.15) is 0 Å². The molecule has 2 atom stereocenters. The Bertz CT molecular complexity index is 1370. The van der Waals surface area contributed by atoms with Crippen molar-refractivity contribution in [1.82, 2.24) is 20.1 Å². The van der Waals surface area contributed by atoms with Gasteiger partial charge in [0.15, 0.2) is 5.03 Å². The Morgan fingerprint density at radius 3 is 2.33 bits per heavy atom. The van der Waals surface area contributed by atoms with Gasteiger partial charge in [-0.3, -0.25) is 13.5 Å². The van der Waals surface area contributed by atoms with Crippen LogP contribution in [0.5, 0.6) is 0 Å². The summed E-state index contributed by atoms with van der Waals surface area (Å²) in [5.41, 5.74) is 4.54. The van der Waals surface area contributed by atoms with Crippen molar-refractivity contribution >= 4 is 33.3 Å². The average Bonchev–Trinajstić information content (AvgIpc) is 3.40. The van der Waals surface area contributed by atoms with E-state index in [0.29, 0.717) is 23.7 Å². The second kappa shape index (κ2) is 11.4. The highest BCUT2D eigenvalue weighted by atomic mass is 32.2. The van der Waals surface area contributed by atoms with Gasteiger partial charge < -0.3 is 10.2 Å². The minimum Gasteiger partial charge on any atom is -0.316 e. The summed E-state index contributed by atoms with van der Waals surface area (Å²) in [6, 6.07) is 20.7. The molecule has 0 saturated carbocycles. The van der Waals surface area contributed by atoms with Crippen LogP contribution in [-0.4, -0.2) is 47.0 Å². The van der Waals surface area contributed by atoms with E-state index in [-0.39, 0.29) is 10.7 Å². The standard InChI is InChI=1S/C26H27N5O3S2/c1-18-14-23(35(2)33)24(25(28-18)36(3)34)29-26(32)31(16-19-8-5-4-6-9-19)17-20-10-7-11-21(15-20)22-12-13-27-30-22/h4-15H,16-17H2,1-3H3,(H,27,30)(H,29,32). The lowest BCUT2D eigenvalue weighted by Gasteiger charge is -2.25. The second-order valence-electron chi connectivity index (χ2n) is 8.29. The molecule has 2 N–H and O–H groups in total. The highest BCUT2D eigenvalue weighted by Gasteiger charge is 2.22. The topological polar surface area (TPSA) is 108 Å². The van der Waals surface area contributed by atoms with E-state index < -0.39 is 27.6 Å². The van der Waals surface area contributed by atoms with E-state index in [9.17, 15) is 13.2 Å². The number of carbonyl (C=O) groups excluding carboxylic acids is 1. The van der Waals surface area contributed by atoms with Gasteiger partial charge >= 0.3 is 6.03 Å². The summed E-state index contributed by atoms with van der Waals surface area (Å²) in [5.74, 6) is 0. The molecule has 2 aromatic heterocycles. The predicted octanol–water partition coefficient (Wildman–Crippen LogP) is 4.49. The molecule has 2 amide bonds. The molecule has 0 aliphatic carbocycles. The molecule has 36 heavy (non-hydrogen) atoms. The van der Waals surface area contributed by atoms with Crippen LogP contribution in [0.25, 0.3) is 11.3 Å². The lowest BCUT2D eigenvalue weighted by atomic mass is 10.1. The van der Waals surface area contributed by atoms with Crippen LogP contribution in [0.1, 0.15) is 16.8 Å². The maximum Gasteiger partial charge on any atom is 0.322 e. The Kier molecular flexibility index (Phi) is 8.07. The fourth-order valence-electron chi connectivity index (χ4n) is 3.83. The molecule has 0 saturated heterocycles. The summed E-state index contributed by atoms with van der Waals surface area (Å²) < 4.78 is 24.9. The molecule has 0 aliphatic heterocycles. The number of aromatic nitrogens is 3. The first kappa shape index (κ1) is 25.5. The van der Waals surface area contributed by atoms with Crippen molar-refractivity contribution in [3.63, 3.8) is 0 Å². The summed E-state index contributed by atoms with van der Waals surface area (Å²) in [5, 5.41) is 10.1. The number of H-pyrrole nitrogens is 1. The first-order valence-electron chi connectivity index (χ1n) is 11.2. The number of amides is 2. The van der Waals surface area contributed by atoms with Gasteiger partial charge in [0.2, 0.25) is 0 Å². The Labute approximate surface area is 215 Å². The van der Waals surface area contributed by atoms with Crippen LogP contribution in [0.4, 0.5) is 10.5 Å². The number of hydrogen-bond acceptors (Lipinski definition) is 5. The highest BCUT2D eigenvalue weighted by Crippen LogP contribution is 2.27. The predicted molar refractivity (Wildman–Crippen MR) is 142 cm³/mol. The molecule has 0 spiro atoms. The van der Waals surface area contributed by atoms with Crippen molar-refractivity contribution in [2.24, 2.45) is 0 Å². The maximum atomic E-state index is 13.6. The van der Waals surface area contributed by atoms with E-state index >= 15 is 0 Å². The molecule has 2 unspecified atom stereocenters. The van der Waals surface area contributed by atoms with Crippen LogP contribution >= 0.6 is 0 Å². The van der Waals surface area contributed by atoms with Crippen LogP contribution in [-0.2, 0) is 34.7 Å². The molecular weight excluding hydrogens is 494 g/mol. The van der Waals surface area contributed by atoms with Crippen molar-refractivity contribution in [3.8, 4) is 11.3 Å². The van der Waals surface area contributed by atoms with E-state index in [1.54, 1.807) is 24.1 Å². The average molecular weight is 522 g/mol. The van der Waals surface area contributed by atoms with Crippen molar-refractivity contribution in [3.05, 3.63) is 89.7 Å². The molecule has 8 nitrogen and oxygen atoms in total. The normalized spacial score (nSPS) is 12.6. The van der Waals surface area contributed by atoms with Gasteiger partial charge in [-0.05, 0) is 41.8 Å². The van der Waals surface area contributed by atoms with Crippen LogP contribution < -0.4 is 5.32 Å². The lowest BCUT2D eigenvalue weighted by molar-refractivity contribution is 0.206. The molecule has 186 valence electrons. The van der Waals surface area contributed by atoms with Gasteiger partial charge in [0, 0.05) is 37.5 Å². The molecule has 0 radical (unpaired) electrons. The smallest absolute Gasteiger partial charge is 0.316 e. The number of carbonyl (C=O) groups is 1. The van der Waals surface area contributed by atoms with Crippen molar-refractivity contribution < 1.29 is 13.2 Å². The van der Waals surface area contributed by atoms with Crippen molar-refractivity contribution in [2.45, 2.75) is 29.9 Å². The Morgan fingerprint density at radius 2 is 1.67 bits per heavy atom. The van der Waals surface area contributed by atoms with Crippen molar-refractivity contribution in [2.75, 3.05) is 17.8 Å². The summed E-state index contributed by atoms with van der Waals surface area (Å²) in [4.78, 5) is 20.1. The number of urea groups is 1. The zero-order valence-electron chi connectivity index (χ0n) is 20.2. The van der Waals surface area contributed by atoms with E-state index in [1.807, 2.05) is 60.7 Å². The van der Waals surface area contributed by atoms with E-state index in [1.165, 1.54) is 12.5 Å². The summed E-state index contributed by atoms with van der Waals surface area (Å²) in [6.07, 6.45) is 4.70. The molecule has 10 heteroatoms. The number of aromatic amines is 1. The van der Waals surface area contributed by atoms with Crippen LogP contribution in [0.3, 0.4) is 0 Å². The minimum atomic E-state index is -1.49. The Morgan fingerprint density at radius 1 is 0.944 bits per heavy atom. The third-order valence-corrected chi connectivity index (χ3v) is 7.29. The molecular formula is C26H27N5O3S2. The van der Waals surface area contributed by atoms with Gasteiger partial charge in [0.25, 0.3) is 0 Å². The Hall–Kier alpha value is -3.63. The zero-order chi connectivity index (χ0) is 25.7. The number of aryl methyl sites for hydroxylation is 1. The number of hydrogen-bond donors (Lipinski definition) is 2. The molecule has 0 bridgehead atoms. The molecule has 0 aliphatic rings. The van der Waals surface area contributed by atoms with Crippen LogP contribution in [0.15, 0.2) is 82.8 Å². The van der Waals surface area contributed by atoms with Gasteiger partial charge in [-0.25, -0.2) is 9.78 Å². The summed E-state index contributed by atoms with van der Waals surface area (Å²) in [6.45, 7) is 2.40. The van der Waals surface area contributed by atoms with Crippen LogP contribution in [0, 0.1) is 6.92 Å². The van der Waals surface area contributed by atoms with Gasteiger partial charge in [-0.15, -0.1) is 0 Å². The second-order valence-corrected chi connectivity index (χ2v) is 10.9. The molecule has 2 heterocycles. The fraction of sp³-hybridized carbons (Fsp3) is 0.192. The molecule has 4 rings (SSSR count). The number of benzene rings is 2. The number of anilines is 1. The van der Waals surface area contributed by atoms with Gasteiger partial charge in [-0.2, -0.15) is 5.10 Å². The van der Waals surface area contributed by atoms with Gasteiger partial charge in [0.05, 0.1) is 37.9 Å². The first-order chi connectivity index (χ1) is 17.3. The third kappa shape index (κ3) is 6.13. The maximum absolute atomic E-state index is 13.6. The fourth-order valence-corrected chi connectivity index (χ4v) is 5.39. The van der Waals surface area contributed by atoms with Crippen LogP contribution in [0.2, 0.25) is 0 Å². The quantitative estimate of drug-likeness (QED) is 0.355. The van der Waals surface area contributed by atoms with Crippen molar-refractivity contribution in [1.29, 1.82) is 0 Å².